The second-order valence-electron chi connectivity index (χ2n) is 8.87. The summed E-state index contributed by atoms with van der Waals surface area (Å²) in [7, 11) is 1.29. The van der Waals surface area contributed by atoms with E-state index in [0.717, 1.165) is 4.90 Å². The summed E-state index contributed by atoms with van der Waals surface area (Å²) in [5.41, 5.74) is -1.81. The zero-order valence-corrected chi connectivity index (χ0v) is 20.5. The van der Waals surface area contributed by atoms with Gasteiger partial charge in [0.15, 0.2) is 0 Å². The van der Waals surface area contributed by atoms with Crippen molar-refractivity contribution in [3.05, 3.63) is 76.4 Å². The number of alkyl halides is 6. The first kappa shape index (κ1) is 28.7. The molecule has 1 aliphatic heterocycles. The number of halogens is 6. The Labute approximate surface area is 214 Å². The molecule has 2 aromatic rings. The summed E-state index contributed by atoms with van der Waals surface area (Å²) in [6.45, 7) is 0.734. The molecule has 0 atom stereocenters. The van der Waals surface area contributed by atoms with Crippen molar-refractivity contribution >= 4 is 23.3 Å². The van der Waals surface area contributed by atoms with Gasteiger partial charge in [-0.3, -0.25) is 14.4 Å². The van der Waals surface area contributed by atoms with Crippen LogP contribution in [0.2, 0.25) is 0 Å². The van der Waals surface area contributed by atoms with Gasteiger partial charge >= 0.3 is 12.4 Å². The number of likely N-dealkylation sites (N-methyl/N-ethyl adjacent to an activating group) is 1. The van der Waals surface area contributed by atoms with E-state index in [0.29, 0.717) is 28.8 Å². The second-order valence-corrected chi connectivity index (χ2v) is 8.87. The summed E-state index contributed by atoms with van der Waals surface area (Å²) in [4.78, 5) is 39.7. The van der Waals surface area contributed by atoms with E-state index >= 15 is 0 Å². The third-order valence-electron chi connectivity index (χ3n) is 5.98. The molecule has 12 heteroatoms. The average molecular weight is 541 g/mol. The van der Waals surface area contributed by atoms with Gasteiger partial charge in [-0.1, -0.05) is 30.3 Å². The normalized spacial score (nSPS) is 14.4. The van der Waals surface area contributed by atoms with Crippen molar-refractivity contribution in [1.82, 2.24) is 15.1 Å². The number of rotatable bonds is 6. The zero-order chi connectivity index (χ0) is 28.3. The molecule has 0 spiro atoms. The van der Waals surface area contributed by atoms with E-state index in [9.17, 15) is 40.7 Å². The number of nitrogens with one attached hydrogen (secondary N) is 1. The summed E-state index contributed by atoms with van der Waals surface area (Å²) in [5, 5.41) is 2.43. The van der Waals surface area contributed by atoms with Crippen LogP contribution in [0.4, 0.5) is 26.3 Å². The fourth-order valence-electron chi connectivity index (χ4n) is 4.12. The van der Waals surface area contributed by atoms with Crippen LogP contribution in [-0.4, -0.2) is 54.2 Å². The average Bonchev–Trinajstić information content (AvgIpc) is 2.85. The van der Waals surface area contributed by atoms with E-state index in [1.807, 2.05) is 0 Å². The highest BCUT2D eigenvalue weighted by Crippen LogP contribution is 2.37. The first-order valence-corrected chi connectivity index (χ1v) is 11.5. The summed E-state index contributed by atoms with van der Waals surface area (Å²) < 4.78 is 79.5. The molecule has 0 saturated heterocycles. The minimum Gasteiger partial charge on any atom is -0.347 e. The molecule has 0 saturated carbocycles. The molecule has 3 rings (SSSR count). The molecule has 1 heterocycles. The number of hydrogen-bond acceptors (Lipinski definition) is 3. The molecular weight excluding hydrogens is 516 g/mol. The maximum atomic E-state index is 13.4. The van der Waals surface area contributed by atoms with Crippen LogP contribution >= 0.6 is 0 Å². The van der Waals surface area contributed by atoms with Crippen LogP contribution in [0.1, 0.15) is 35.6 Å². The Morgan fingerprint density at radius 2 is 1.53 bits per heavy atom. The molecule has 0 unspecified atom stereocenters. The van der Waals surface area contributed by atoms with Crippen LogP contribution in [0, 0.1) is 0 Å². The van der Waals surface area contributed by atoms with Gasteiger partial charge in [-0.2, -0.15) is 26.3 Å². The Balaban J connectivity index is 1.92. The maximum absolute atomic E-state index is 13.4. The van der Waals surface area contributed by atoms with Crippen LogP contribution in [0.5, 0.6) is 0 Å². The highest BCUT2D eigenvalue weighted by molar-refractivity contribution is 6.02. The van der Waals surface area contributed by atoms with Gasteiger partial charge in [-0.05, 0) is 41.3 Å². The maximum Gasteiger partial charge on any atom is 0.416 e. The largest absolute Gasteiger partial charge is 0.416 e. The quantitative estimate of drug-likeness (QED) is 0.548. The van der Waals surface area contributed by atoms with Crippen molar-refractivity contribution in [3.63, 3.8) is 0 Å². The predicted octanol–water partition coefficient (Wildman–Crippen LogP) is 4.50. The minimum atomic E-state index is -5.00. The lowest BCUT2D eigenvalue weighted by atomic mass is 9.92. The summed E-state index contributed by atoms with van der Waals surface area (Å²) in [6.07, 6.45) is -9.90. The fraction of sp³-hybridized carbons (Fsp3) is 0.346. The van der Waals surface area contributed by atoms with Crippen LogP contribution in [0.25, 0.3) is 5.57 Å². The van der Waals surface area contributed by atoms with Crippen molar-refractivity contribution in [2.45, 2.75) is 32.2 Å². The third-order valence-corrected chi connectivity index (χ3v) is 5.98. The standard InChI is InChI=1S/C26H25F6N3O3/c1-16(36)33-13-23(37)35-9-8-21(22(15-35)18-6-4-3-5-7-18)24(38)34(2)14-17-10-19(25(27,28)29)12-20(11-17)26(30,31)32/h3-7,10-12H,8-9,13-15H2,1-2H3,(H,33,36). The molecule has 3 amide bonds. The number of amides is 3. The van der Waals surface area contributed by atoms with Crippen molar-refractivity contribution < 1.29 is 40.7 Å². The Morgan fingerprint density at radius 3 is 2.05 bits per heavy atom. The molecule has 2 aromatic carbocycles. The Kier molecular flexibility index (Phi) is 8.53. The zero-order valence-electron chi connectivity index (χ0n) is 20.5. The van der Waals surface area contributed by atoms with E-state index in [1.54, 1.807) is 30.3 Å². The molecule has 1 N–H and O–H groups in total. The van der Waals surface area contributed by atoms with Crippen molar-refractivity contribution in [3.8, 4) is 0 Å². The molecular formula is C26H25F6N3O3. The van der Waals surface area contributed by atoms with Gasteiger partial charge in [0.2, 0.25) is 17.7 Å². The second kappa shape index (κ2) is 11.3. The lowest BCUT2D eigenvalue weighted by Gasteiger charge is -2.32. The molecule has 204 valence electrons. The molecule has 1 aliphatic rings. The van der Waals surface area contributed by atoms with Gasteiger partial charge in [-0.15, -0.1) is 0 Å². The SMILES string of the molecule is CC(=O)NCC(=O)N1CCC(C(=O)N(C)Cc2cc(C(F)(F)F)cc(C(F)(F)F)c2)=C(c2ccccc2)C1. The highest BCUT2D eigenvalue weighted by atomic mass is 19.4. The number of hydrogen-bond donors (Lipinski definition) is 1. The summed E-state index contributed by atoms with van der Waals surface area (Å²) in [6, 6.07) is 9.89. The Bertz CT molecular complexity index is 1210. The van der Waals surface area contributed by atoms with E-state index < -0.39 is 35.9 Å². The smallest absolute Gasteiger partial charge is 0.347 e. The van der Waals surface area contributed by atoms with E-state index in [-0.39, 0.29) is 49.5 Å². The molecule has 38 heavy (non-hydrogen) atoms. The van der Waals surface area contributed by atoms with Crippen LogP contribution < -0.4 is 5.32 Å². The van der Waals surface area contributed by atoms with Gasteiger partial charge in [0.1, 0.15) is 0 Å². The lowest BCUT2D eigenvalue weighted by molar-refractivity contribution is -0.143. The monoisotopic (exact) mass is 541 g/mol. The molecule has 0 aromatic heterocycles. The van der Waals surface area contributed by atoms with Crippen LogP contribution in [0.15, 0.2) is 54.1 Å². The van der Waals surface area contributed by atoms with Crippen molar-refractivity contribution in [2.75, 3.05) is 26.7 Å². The molecule has 0 aliphatic carbocycles. The summed E-state index contributed by atoms with van der Waals surface area (Å²) >= 11 is 0. The van der Waals surface area contributed by atoms with Crippen molar-refractivity contribution in [2.24, 2.45) is 0 Å². The molecule has 0 fully saturated rings. The summed E-state index contributed by atoms with van der Waals surface area (Å²) in [5.74, 6) is -1.32. The van der Waals surface area contributed by atoms with E-state index in [2.05, 4.69) is 5.32 Å². The number of carbonyl (C=O) groups excluding carboxylic acids is 3. The topological polar surface area (TPSA) is 69.7 Å². The highest BCUT2D eigenvalue weighted by Gasteiger charge is 2.37. The third kappa shape index (κ3) is 7.14. The van der Waals surface area contributed by atoms with Gasteiger partial charge in [-0.25, -0.2) is 0 Å². The first-order valence-electron chi connectivity index (χ1n) is 11.5. The van der Waals surface area contributed by atoms with Gasteiger partial charge < -0.3 is 15.1 Å². The number of nitrogens with zero attached hydrogens (tertiary/aromatic N) is 2. The molecule has 6 nitrogen and oxygen atoms in total. The fourth-order valence-corrected chi connectivity index (χ4v) is 4.12. The Hall–Kier alpha value is -3.83. The number of carbonyl (C=O) groups is 3. The lowest BCUT2D eigenvalue weighted by Crippen LogP contribution is -2.44. The van der Waals surface area contributed by atoms with Gasteiger partial charge in [0.05, 0.1) is 17.7 Å². The van der Waals surface area contributed by atoms with E-state index in [1.165, 1.54) is 18.9 Å². The van der Waals surface area contributed by atoms with E-state index in [4.69, 9.17) is 0 Å². The van der Waals surface area contributed by atoms with Crippen molar-refractivity contribution in [1.29, 1.82) is 0 Å². The Morgan fingerprint density at radius 1 is 0.947 bits per heavy atom. The predicted molar refractivity (Wildman–Crippen MR) is 126 cm³/mol. The van der Waals surface area contributed by atoms with Crippen LogP contribution in [0.3, 0.4) is 0 Å². The molecule has 0 radical (unpaired) electrons. The number of benzene rings is 2. The van der Waals surface area contributed by atoms with Gasteiger partial charge in [0, 0.05) is 39.2 Å². The minimum absolute atomic E-state index is 0.0368. The van der Waals surface area contributed by atoms with Gasteiger partial charge in [0.25, 0.3) is 0 Å². The first-order chi connectivity index (χ1) is 17.7. The van der Waals surface area contributed by atoms with Crippen LogP contribution in [-0.2, 0) is 33.3 Å². The molecule has 0 bridgehead atoms.